The molecule has 1 heterocycles. The molecule has 0 radical (unpaired) electrons. The largest absolute Gasteiger partial charge is 0.259 e. The van der Waals surface area contributed by atoms with Gasteiger partial charge in [0, 0.05) is 39.5 Å². The number of aromatic nitrogens is 2. The Morgan fingerprint density at radius 3 is 2.38 bits per heavy atom. The highest BCUT2D eigenvalue weighted by Gasteiger charge is 2.26. The van der Waals surface area contributed by atoms with Gasteiger partial charge in [-0.25, -0.2) is 18.7 Å². The van der Waals surface area contributed by atoms with Crippen molar-refractivity contribution in [1.29, 1.82) is 0 Å². The average Bonchev–Trinajstić information content (AvgIpc) is 2.45. The average molecular weight is 417 g/mol. The van der Waals surface area contributed by atoms with Crippen LogP contribution < -0.4 is 0 Å². The molecular formula is C17H19BrF2N2OS. The lowest BCUT2D eigenvalue weighted by atomic mass is 9.97. The van der Waals surface area contributed by atoms with Crippen LogP contribution in [-0.4, -0.2) is 24.7 Å². The summed E-state index contributed by atoms with van der Waals surface area (Å²) in [6.45, 7) is 5.70. The second kappa shape index (κ2) is 7.78. The summed E-state index contributed by atoms with van der Waals surface area (Å²) in [5.74, 6) is -1.15. The fraction of sp³-hybridized carbons (Fsp3) is 0.412. The first-order chi connectivity index (χ1) is 11.2. The van der Waals surface area contributed by atoms with E-state index in [9.17, 15) is 13.0 Å². The Kier molecular flexibility index (Phi) is 6.20. The van der Waals surface area contributed by atoms with Crippen molar-refractivity contribution < 1.29 is 13.0 Å². The molecule has 1 aromatic heterocycles. The number of hydrogen-bond acceptors (Lipinski definition) is 3. The molecule has 24 heavy (non-hydrogen) atoms. The van der Waals surface area contributed by atoms with Crippen LogP contribution in [0.3, 0.4) is 0 Å². The highest BCUT2D eigenvalue weighted by molar-refractivity contribution is 9.10. The fourth-order valence-electron chi connectivity index (χ4n) is 2.30. The van der Waals surface area contributed by atoms with Gasteiger partial charge in [-0.15, -0.1) is 0 Å². The molecular weight excluding hydrogens is 398 g/mol. The predicted molar refractivity (Wildman–Crippen MR) is 95.3 cm³/mol. The fourth-order valence-corrected chi connectivity index (χ4v) is 3.99. The first-order valence-corrected chi connectivity index (χ1v) is 9.57. The molecule has 0 aliphatic heterocycles. The molecule has 3 nitrogen and oxygen atoms in total. The number of nitrogens with zero attached hydrogens (tertiary/aromatic N) is 2. The normalized spacial score (nSPS) is 14.4. The Balaban J connectivity index is 2.35. The van der Waals surface area contributed by atoms with Crippen LogP contribution in [0.15, 0.2) is 35.2 Å². The van der Waals surface area contributed by atoms with E-state index >= 15 is 0 Å². The minimum atomic E-state index is -1.13. The van der Waals surface area contributed by atoms with Gasteiger partial charge in [0.05, 0.1) is 10.2 Å². The SMILES string of the molecule is CC(C)(C)[S@@](=O)C[C@@H](Cc1cc(F)cc(F)c1)c1ncncc1Br. The molecule has 0 aliphatic carbocycles. The van der Waals surface area contributed by atoms with E-state index in [0.717, 1.165) is 6.07 Å². The van der Waals surface area contributed by atoms with Crippen molar-refractivity contribution >= 4 is 26.7 Å². The number of hydrogen-bond donors (Lipinski definition) is 0. The molecule has 2 atom stereocenters. The molecule has 0 aliphatic rings. The summed E-state index contributed by atoms with van der Waals surface area (Å²) in [6.07, 6.45) is 3.37. The number of rotatable bonds is 5. The van der Waals surface area contributed by atoms with Crippen molar-refractivity contribution in [3.8, 4) is 0 Å². The standard InChI is InChI=1S/C17H19BrF2N2OS/c1-17(2,3)24(23)9-12(16-15(18)8-21-10-22-16)4-11-5-13(19)7-14(20)6-11/h5-8,10,12H,4,9H2,1-3H3/t12-,24+/m1/s1. The highest BCUT2D eigenvalue weighted by atomic mass is 79.9. The van der Waals surface area contributed by atoms with E-state index in [1.807, 2.05) is 20.8 Å². The van der Waals surface area contributed by atoms with E-state index in [1.54, 1.807) is 6.20 Å². The van der Waals surface area contributed by atoms with Gasteiger partial charge >= 0.3 is 0 Å². The van der Waals surface area contributed by atoms with Crippen LogP contribution in [0.2, 0.25) is 0 Å². The predicted octanol–water partition coefficient (Wildman–Crippen LogP) is 4.39. The topological polar surface area (TPSA) is 42.9 Å². The molecule has 2 aromatic rings. The monoisotopic (exact) mass is 416 g/mol. The smallest absolute Gasteiger partial charge is 0.126 e. The van der Waals surface area contributed by atoms with Gasteiger partial charge in [0.25, 0.3) is 0 Å². The minimum Gasteiger partial charge on any atom is -0.259 e. The number of halogens is 3. The zero-order valence-corrected chi connectivity index (χ0v) is 16.1. The van der Waals surface area contributed by atoms with E-state index in [4.69, 9.17) is 0 Å². The summed E-state index contributed by atoms with van der Waals surface area (Å²) in [4.78, 5) is 8.21. The van der Waals surface area contributed by atoms with Crippen LogP contribution in [0.25, 0.3) is 0 Å². The van der Waals surface area contributed by atoms with Gasteiger partial charge in [0.2, 0.25) is 0 Å². The molecule has 0 saturated carbocycles. The van der Waals surface area contributed by atoms with Crippen molar-refractivity contribution in [3.05, 3.63) is 58.1 Å². The Morgan fingerprint density at radius 2 is 1.83 bits per heavy atom. The van der Waals surface area contributed by atoms with Crippen molar-refractivity contribution in [3.63, 3.8) is 0 Å². The summed E-state index contributed by atoms with van der Waals surface area (Å²) in [5, 5.41) is 0. The molecule has 130 valence electrons. The van der Waals surface area contributed by atoms with Gasteiger partial charge < -0.3 is 0 Å². The Labute approximate surface area is 151 Å². The third-order valence-electron chi connectivity index (χ3n) is 3.52. The number of benzene rings is 1. The van der Waals surface area contributed by atoms with Crippen LogP contribution in [0.4, 0.5) is 8.78 Å². The lowest BCUT2D eigenvalue weighted by molar-refractivity contribution is 0.576. The second-order valence-corrected chi connectivity index (χ2v) is 9.66. The highest BCUT2D eigenvalue weighted by Crippen LogP contribution is 2.29. The van der Waals surface area contributed by atoms with Crippen LogP contribution in [0.5, 0.6) is 0 Å². The van der Waals surface area contributed by atoms with Crippen LogP contribution in [-0.2, 0) is 17.2 Å². The van der Waals surface area contributed by atoms with Crippen molar-refractivity contribution in [2.75, 3.05) is 5.75 Å². The van der Waals surface area contributed by atoms with E-state index in [1.165, 1.54) is 18.5 Å². The van der Waals surface area contributed by atoms with E-state index in [-0.39, 0.29) is 10.7 Å². The quantitative estimate of drug-likeness (QED) is 0.725. The molecule has 1 aromatic carbocycles. The molecule has 2 rings (SSSR count). The van der Waals surface area contributed by atoms with Crippen molar-refractivity contribution in [2.45, 2.75) is 37.9 Å². The van der Waals surface area contributed by atoms with E-state index in [2.05, 4.69) is 25.9 Å². The first-order valence-electron chi connectivity index (χ1n) is 7.45. The molecule has 0 fully saturated rings. The van der Waals surface area contributed by atoms with Gasteiger partial charge in [-0.05, 0) is 60.8 Å². The maximum Gasteiger partial charge on any atom is 0.126 e. The van der Waals surface area contributed by atoms with Gasteiger partial charge in [0.1, 0.15) is 18.0 Å². The summed E-state index contributed by atoms with van der Waals surface area (Å²) in [5.41, 5.74) is 1.20. The maximum absolute atomic E-state index is 13.5. The van der Waals surface area contributed by atoms with Crippen molar-refractivity contribution in [2.24, 2.45) is 0 Å². The lowest BCUT2D eigenvalue weighted by Gasteiger charge is -2.23. The zero-order valence-electron chi connectivity index (χ0n) is 13.7. The summed E-state index contributed by atoms with van der Waals surface area (Å²) >= 11 is 3.41. The van der Waals surface area contributed by atoms with Gasteiger partial charge in [-0.3, -0.25) is 4.21 Å². The summed E-state index contributed by atoms with van der Waals surface area (Å²) in [6, 6.07) is 3.43. The molecule has 0 spiro atoms. The zero-order chi connectivity index (χ0) is 17.9. The van der Waals surface area contributed by atoms with Crippen LogP contribution in [0, 0.1) is 11.6 Å². The third kappa shape index (κ3) is 5.14. The third-order valence-corrected chi connectivity index (χ3v) is 6.20. The molecule has 0 saturated heterocycles. The van der Waals surface area contributed by atoms with Gasteiger partial charge in [-0.2, -0.15) is 0 Å². The maximum atomic E-state index is 13.5. The van der Waals surface area contributed by atoms with Crippen LogP contribution >= 0.6 is 15.9 Å². The molecule has 0 bridgehead atoms. The van der Waals surface area contributed by atoms with E-state index in [0.29, 0.717) is 27.9 Å². The van der Waals surface area contributed by atoms with Crippen LogP contribution in [0.1, 0.15) is 37.9 Å². The Bertz CT molecular complexity index is 729. The van der Waals surface area contributed by atoms with E-state index < -0.39 is 22.4 Å². The molecule has 0 unspecified atom stereocenters. The minimum absolute atomic E-state index is 0.247. The Hall–Kier alpha value is -1.21. The van der Waals surface area contributed by atoms with Crippen molar-refractivity contribution in [1.82, 2.24) is 9.97 Å². The summed E-state index contributed by atoms with van der Waals surface area (Å²) in [7, 11) is -1.13. The lowest BCUT2D eigenvalue weighted by Crippen LogP contribution is -2.28. The van der Waals surface area contributed by atoms with Gasteiger partial charge in [-0.1, -0.05) is 0 Å². The summed E-state index contributed by atoms with van der Waals surface area (Å²) < 4.78 is 39.9. The first kappa shape index (κ1) is 19.1. The molecule has 0 amide bonds. The molecule has 7 heteroatoms. The van der Waals surface area contributed by atoms with Gasteiger partial charge in [0.15, 0.2) is 0 Å². The molecule has 0 N–H and O–H groups in total. The Morgan fingerprint density at radius 1 is 1.21 bits per heavy atom. The second-order valence-electron chi connectivity index (χ2n) is 6.56.